The molecule has 1 aromatic carbocycles. The van der Waals surface area contributed by atoms with Gasteiger partial charge in [0.15, 0.2) is 0 Å². The summed E-state index contributed by atoms with van der Waals surface area (Å²) in [6.45, 7) is 0. The van der Waals surface area contributed by atoms with E-state index in [1.807, 2.05) is 0 Å². The van der Waals surface area contributed by atoms with E-state index in [1.54, 1.807) is 24.3 Å². The first-order valence-electron chi connectivity index (χ1n) is 9.81. The van der Waals surface area contributed by atoms with Crippen molar-refractivity contribution in [3.8, 4) is 5.75 Å². The van der Waals surface area contributed by atoms with Crippen LogP contribution in [0.2, 0.25) is 0 Å². The highest BCUT2D eigenvalue weighted by molar-refractivity contribution is 5.72. The Morgan fingerprint density at radius 1 is 0.920 bits per heavy atom. The first-order chi connectivity index (χ1) is 12.0. The molecule has 1 atom stereocenters. The van der Waals surface area contributed by atoms with Gasteiger partial charge in [-0.15, -0.1) is 0 Å². The van der Waals surface area contributed by atoms with Crippen LogP contribution in [0.25, 0.3) is 0 Å². The molecule has 1 saturated carbocycles. The van der Waals surface area contributed by atoms with E-state index < -0.39 is 17.4 Å². The zero-order valence-corrected chi connectivity index (χ0v) is 15.3. The topological polar surface area (TPSA) is 83.5 Å². The van der Waals surface area contributed by atoms with Gasteiger partial charge in [0.05, 0.1) is 5.92 Å². The van der Waals surface area contributed by atoms with Crippen molar-refractivity contribution in [1.29, 1.82) is 0 Å². The Kier molecular flexibility index (Phi) is 7.76. The van der Waals surface area contributed by atoms with Crippen LogP contribution >= 0.6 is 0 Å². The van der Waals surface area contributed by atoms with Gasteiger partial charge in [-0.3, -0.25) is 4.79 Å². The molecule has 1 aliphatic carbocycles. The lowest BCUT2D eigenvalue weighted by molar-refractivity contribution is -0.144. The summed E-state index contributed by atoms with van der Waals surface area (Å²) in [5.74, 6) is -1.19. The number of carboxylic acids is 1. The summed E-state index contributed by atoms with van der Waals surface area (Å²) in [5, 5.41) is 19.3. The van der Waals surface area contributed by atoms with Crippen molar-refractivity contribution < 1.29 is 15.0 Å². The lowest BCUT2D eigenvalue weighted by Gasteiger charge is -2.36. The number of phenols is 1. The fraction of sp³-hybridized carbons (Fsp3) is 0.667. The molecule has 0 radical (unpaired) electrons. The van der Waals surface area contributed by atoms with Crippen LogP contribution in [0.4, 0.5) is 0 Å². The normalized spacial score (nSPS) is 20.8. The molecule has 0 amide bonds. The van der Waals surface area contributed by atoms with Crippen molar-refractivity contribution in [2.24, 2.45) is 11.7 Å². The van der Waals surface area contributed by atoms with Gasteiger partial charge in [0.2, 0.25) is 0 Å². The second-order valence-corrected chi connectivity index (χ2v) is 7.68. The number of benzene rings is 1. The van der Waals surface area contributed by atoms with Crippen molar-refractivity contribution in [3.05, 3.63) is 29.8 Å². The van der Waals surface area contributed by atoms with E-state index >= 15 is 0 Å². The maximum Gasteiger partial charge on any atom is 0.308 e. The molecule has 1 aliphatic rings. The minimum atomic E-state index is -0.803. The number of rotatable bonds is 4. The van der Waals surface area contributed by atoms with E-state index in [0.717, 1.165) is 44.1 Å². The Balaban J connectivity index is 2.11. The molecule has 0 heterocycles. The summed E-state index contributed by atoms with van der Waals surface area (Å²) in [6, 6.07) is 6.81. The summed E-state index contributed by atoms with van der Waals surface area (Å²) in [7, 11) is 0. The molecular formula is C21H33NO3. The van der Waals surface area contributed by atoms with Gasteiger partial charge in [-0.2, -0.15) is 0 Å². The molecule has 1 fully saturated rings. The van der Waals surface area contributed by atoms with Crippen LogP contribution in [-0.4, -0.2) is 21.7 Å². The first kappa shape index (κ1) is 19.8. The van der Waals surface area contributed by atoms with Crippen LogP contribution in [0, 0.1) is 5.92 Å². The second-order valence-electron chi connectivity index (χ2n) is 7.68. The Morgan fingerprint density at radius 2 is 1.36 bits per heavy atom. The molecular weight excluding hydrogens is 314 g/mol. The highest BCUT2D eigenvalue weighted by Gasteiger charge is 2.39. The van der Waals surface area contributed by atoms with E-state index in [4.69, 9.17) is 5.73 Å². The van der Waals surface area contributed by atoms with Gasteiger partial charge in [-0.1, -0.05) is 69.9 Å². The zero-order chi connectivity index (χ0) is 18.1. The number of hydrogen-bond donors (Lipinski definition) is 3. The molecule has 2 rings (SSSR count). The van der Waals surface area contributed by atoms with Gasteiger partial charge in [0.1, 0.15) is 5.75 Å². The third kappa shape index (κ3) is 6.35. The molecule has 0 spiro atoms. The Hall–Kier alpha value is -1.55. The lowest BCUT2D eigenvalue weighted by atomic mass is 9.74. The predicted molar refractivity (Wildman–Crippen MR) is 101 cm³/mol. The number of aromatic hydroxyl groups is 1. The Morgan fingerprint density at radius 3 is 1.80 bits per heavy atom. The monoisotopic (exact) mass is 347 g/mol. The summed E-state index contributed by atoms with van der Waals surface area (Å²) in [4.78, 5) is 12.0. The Labute approximate surface area is 151 Å². The summed E-state index contributed by atoms with van der Waals surface area (Å²) in [5.41, 5.74) is 7.00. The van der Waals surface area contributed by atoms with Gasteiger partial charge in [-0.25, -0.2) is 0 Å². The quantitative estimate of drug-likeness (QED) is 0.741. The van der Waals surface area contributed by atoms with Crippen molar-refractivity contribution in [1.82, 2.24) is 0 Å². The average molecular weight is 347 g/mol. The molecule has 0 bridgehead atoms. The molecule has 140 valence electrons. The van der Waals surface area contributed by atoms with E-state index in [2.05, 4.69) is 0 Å². The molecule has 4 nitrogen and oxygen atoms in total. The minimum Gasteiger partial charge on any atom is -0.508 e. The fourth-order valence-electron chi connectivity index (χ4n) is 4.02. The van der Waals surface area contributed by atoms with E-state index in [0.29, 0.717) is 6.42 Å². The number of nitrogens with two attached hydrogens (primary N) is 1. The van der Waals surface area contributed by atoms with Crippen molar-refractivity contribution in [3.63, 3.8) is 0 Å². The number of phenolic OH excluding ortho intramolecular Hbond substituents is 1. The van der Waals surface area contributed by atoms with Crippen LogP contribution in [0.3, 0.4) is 0 Å². The van der Waals surface area contributed by atoms with Gasteiger partial charge in [0, 0.05) is 5.54 Å². The maximum atomic E-state index is 12.0. The van der Waals surface area contributed by atoms with Crippen LogP contribution in [0.1, 0.15) is 76.2 Å². The van der Waals surface area contributed by atoms with E-state index in [-0.39, 0.29) is 5.75 Å². The zero-order valence-electron chi connectivity index (χ0n) is 15.3. The average Bonchev–Trinajstić information content (AvgIpc) is 2.57. The third-order valence-corrected chi connectivity index (χ3v) is 5.65. The number of carboxylic acid groups (broad SMARTS) is 1. The van der Waals surface area contributed by atoms with E-state index in [9.17, 15) is 15.0 Å². The summed E-state index contributed by atoms with van der Waals surface area (Å²) >= 11 is 0. The summed E-state index contributed by atoms with van der Waals surface area (Å²) in [6.07, 6.45) is 12.6. The van der Waals surface area contributed by atoms with Crippen LogP contribution in [0.15, 0.2) is 24.3 Å². The Bertz CT molecular complexity index is 514. The number of hydrogen-bond acceptors (Lipinski definition) is 3. The number of carbonyl (C=O) groups is 1. The van der Waals surface area contributed by atoms with Gasteiger partial charge < -0.3 is 15.9 Å². The standard InChI is InChI=1S/C21H33NO3/c22-21(14-8-6-4-2-1-3-5-7-9-15-21)19(20(24)25)16-17-10-12-18(23)13-11-17/h10-13,19,23H,1-9,14-16,22H2,(H,24,25). The molecule has 4 heteroatoms. The lowest BCUT2D eigenvalue weighted by Crippen LogP contribution is -2.51. The number of aliphatic carboxylic acids is 1. The second kappa shape index (κ2) is 9.81. The molecule has 1 aromatic rings. The highest BCUT2D eigenvalue weighted by Crippen LogP contribution is 2.32. The predicted octanol–water partition coefficient (Wildman–Crippen LogP) is 4.64. The fourth-order valence-corrected chi connectivity index (χ4v) is 4.02. The first-order valence-corrected chi connectivity index (χ1v) is 9.81. The van der Waals surface area contributed by atoms with Gasteiger partial charge in [0.25, 0.3) is 0 Å². The van der Waals surface area contributed by atoms with E-state index in [1.165, 1.54) is 32.1 Å². The SMILES string of the molecule is NC1(C(Cc2ccc(O)cc2)C(=O)O)CCCCCCCCCCC1. The van der Waals surface area contributed by atoms with Crippen molar-refractivity contribution in [2.75, 3.05) is 0 Å². The highest BCUT2D eigenvalue weighted by atomic mass is 16.4. The minimum absolute atomic E-state index is 0.198. The molecule has 4 N–H and O–H groups in total. The largest absolute Gasteiger partial charge is 0.508 e. The molecule has 0 saturated heterocycles. The van der Waals surface area contributed by atoms with Gasteiger partial charge in [-0.05, 0) is 37.0 Å². The van der Waals surface area contributed by atoms with Crippen molar-refractivity contribution >= 4 is 5.97 Å². The smallest absolute Gasteiger partial charge is 0.308 e. The molecule has 0 aliphatic heterocycles. The molecule has 1 unspecified atom stereocenters. The maximum absolute atomic E-state index is 12.0. The van der Waals surface area contributed by atoms with Gasteiger partial charge >= 0.3 is 5.97 Å². The van der Waals surface area contributed by atoms with Crippen LogP contribution in [0.5, 0.6) is 5.75 Å². The van der Waals surface area contributed by atoms with Crippen LogP contribution < -0.4 is 5.73 Å². The molecule has 0 aromatic heterocycles. The summed E-state index contributed by atoms with van der Waals surface area (Å²) < 4.78 is 0. The third-order valence-electron chi connectivity index (χ3n) is 5.65. The van der Waals surface area contributed by atoms with Crippen molar-refractivity contribution in [2.45, 2.75) is 82.6 Å². The van der Waals surface area contributed by atoms with Crippen LogP contribution in [-0.2, 0) is 11.2 Å². The molecule has 25 heavy (non-hydrogen) atoms.